The van der Waals surface area contributed by atoms with Crippen molar-refractivity contribution in [3.63, 3.8) is 0 Å². The molecule has 6 nitrogen and oxygen atoms in total. The predicted octanol–water partition coefficient (Wildman–Crippen LogP) is 3.66. The number of aliphatic hydroxyl groups is 1. The SMILES string of the molecule is Cc1c(Cc2ccccc2)c(=O)oc2cc(OCC(O)CNCCc3ccncc3)ccc12. The summed E-state index contributed by atoms with van der Waals surface area (Å²) < 4.78 is 11.3. The summed E-state index contributed by atoms with van der Waals surface area (Å²) in [5.74, 6) is 0.552. The van der Waals surface area contributed by atoms with E-state index >= 15 is 0 Å². The first kappa shape index (κ1) is 22.7. The van der Waals surface area contributed by atoms with E-state index < -0.39 is 6.10 Å². The van der Waals surface area contributed by atoms with Gasteiger partial charge < -0.3 is 19.6 Å². The molecule has 2 aromatic heterocycles. The highest BCUT2D eigenvalue weighted by molar-refractivity contribution is 5.82. The minimum absolute atomic E-state index is 0.142. The van der Waals surface area contributed by atoms with Gasteiger partial charge in [-0.25, -0.2) is 4.79 Å². The smallest absolute Gasteiger partial charge is 0.340 e. The van der Waals surface area contributed by atoms with Crippen molar-refractivity contribution in [3.05, 3.63) is 106 Å². The molecule has 0 aliphatic heterocycles. The van der Waals surface area contributed by atoms with Gasteiger partial charge in [0.25, 0.3) is 0 Å². The summed E-state index contributed by atoms with van der Waals surface area (Å²) in [6.45, 7) is 3.27. The Balaban J connectivity index is 1.34. The molecular formula is C27H28N2O4. The number of nitrogens with zero attached hydrogens (tertiary/aromatic N) is 1. The molecule has 0 aliphatic rings. The van der Waals surface area contributed by atoms with Crippen LogP contribution in [0.1, 0.15) is 22.3 Å². The Labute approximate surface area is 192 Å². The lowest BCUT2D eigenvalue weighted by molar-refractivity contribution is 0.106. The molecule has 2 aromatic carbocycles. The molecule has 1 unspecified atom stereocenters. The fraction of sp³-hybridized carbons (Fsp3) is 0.259. The molecule has 1 atom stereocenters. The van der Waals surface area contributed by atoms with Gasteiger partial charge in [0.15, 0.2) is 0 Å². The van der Waals surface area contributed by atoms with Crippen LogP contribution in [0, 0.1) is 6.92 Å². The Hall–Kier alpha value is -3.48. The average molecular weight is 445 g/mol. The Morgan fingerprint density at radius 2 is 1.85 bits per heavy atom. The number of pyridine rings is 1. The van der Waals surface area contributed by atoms with E-state index in [0.29, 0.717) is 29.9 Å². The number of ether oxygens (including phenoxy) is 1. The molecule has 4 rings (SSSR count). The third-order valence-corrected chi connectivity index (χ3v) is 5.64. The third kappa shape index (κ3) is 6.06. The van der Waals surface area contributed by atoms with Gasteiger partial charge in [0, 0.05) is 42.4 Å². The zero-order valence-electron chi connectivity index (χ0n) is 18.7. The Kier molecular flexibility index (Phi) is 7.50. The molecule has 0 saturated carbocycles. The van der Waals surface area contributed by atoms with E-state index in [2.05, 4.69) is 10.3 Å². The summed E-state index contributed by atoms with van der Waals surface area (Å²) in [5, 5.41) is 14.3. The number of rotatable bonds is 10. The van der Waals surface area contributed by atoms with Crippen LogP contribution < -0.4 is 15.7 Å². The van der Waals surface area contributed by atoms with Gasteiger partial charge in [-0.3, -0.25) is 4.98 Å². The van der Waals surface area contributed by atoms with Crippen molar-refractivity contribution in [1.29, 1.82) is 0 Å². The van der Waals surface area contributed by atoms with Crippen LogP contribution in [-0.2, 0) is 12.8 Å². The van der Waals surface area contributed by atoms with Gasteiger partial charge >= 0.3 is 5.63 Å². The third-order valence-electron chi connectivity index (χ3n) is 5.64. The zero-order valence-corrected chi connectivity index (χ0v) is 18.7. The van der Waals surface area contributed by atoms with Crippen molar-refractivity contribution >= 4 is 11.0 Å². The van der Waals surface area contributed by atoms with E-state index in [1.165, 1.54) is 5.56 Å². The van der Waals surface area contributed by atoms with Crippen LogP contribution in [-0.4, -0.2) is 35.9 Å². The average Bonchev–Trinajstić information content (AvgIpc) is 2.84. The molecule has 0 saturated heterocycles. The number of aromatic nitrogens is 1. The van der Waals surface area contributed by atoms with Crippen LogP contribution in [0.15, 0.2) is 82.3 Å². The fourth-order valence-corrected chi connectivity index (χ4v) is 3.77. The van der Waals surface area contributed by atoms with Crippen LogP contribution >= 0.6 is 0 Å². The second kappa shape index (κ2) is 10.9. The predicted molar refractivity (Wildman–Crippen MR) is 129 cm³/mol. The topological polar surface area (TPSA) is 84.6 Å². The Morgan fingerprint density at radius 1 is 1.06 bits per heavy atom. The first-order valence-corrected chi connectivity index (χ1v) is 11.1. The van der Waals surface area contributed by atoms with Crippen LogP contribution in [0.5, 0.6) is 5.75 Å². The van der Waals surface area contributed by atoms with Gasteiger partial charge in [0.05, 0.1) is 0 Å². The highest BCUT2D eigenvalue weighted by atomic mass is 16.5. The summed E-state index contributed by atoms with van der Waals surface area (Å²) in [5.41, 5.74) is 3.99. The maximum Gasteiger partial charge on any atom is 0.340 e. The molecule has 0 spiro atoms. The van der Waals surface area contributed by atoms with Gasteiger partial charge in [-0.05, 0) is 60.8 Å². The van der Waals surface area contributed by atoms with E-state index in [4.69, 9.17) is 9.15 Å². The largest absolute Gasteiger partial charge is 0.491 e. The lowest BCUT2D eigenvalue weighted by atomic mass is 10.00. The van der Waals surface area contributed by atoms with Crippen LogP contribution in [0.2, 0.25) is 0 Å². The van der Waals surface area contributed by atoms with Crippen molar-refractivity contribution in [3.8, 4) is 5.75 Å². The molecule has 0 fully saturated rings. The standard InChI is InChI=1S/C27H28N2O4/c1-19-24-8-7-23(32-18-22(30)17-29-14-11-20-9-12-28-13-10-20)16-26(24)33-27(31)25(19)15-21-5-3-2-4-6-21/h2-10,12-13,16,22,29-30H,11,14-15,17-18H2,1H3. The Morgan fingerprint density at radius 3 is 2.64 bits per heavy atom. The summed E-state index contributed by atoms with van der Waals surface area (Å²) >= 11 is 0. The molecule has 2 N–H and O–H groups in total. The number of benzene rings is 2. The molecule has 0 amide bonds. The molecule has 170 valence electrons. The summed E-state index contributed by atoms with van der Waals surface area (Å²) in [4.78, 5) is 16.6. The van der Waals surface area contributed by atoms with Crippen molar-refractivity contribution in [2.75, 3.05) is 19.7 Å². The lowest BCUT2D eigenvalue weighted by Crippen LogP contribution is -2.32. The van der Waals surface area contributed by atoms with Crippen molar-refractivity contribution in [2.24, 2.45) is 0 Å². The second-order valence-corrected chi connectivity index (χ2v) is 8.09. The molecule has 0 aliphatic carbocycles. The quantitative estimate of drug-likeness (QED) is 0.287. The van der Waals surface area contributed by atoms with E-state index in [0.717, 1.165) is 29.5 Å². The van der Waals surface area contributed by atoms with Crippen LogP contribution in [0.3, 0.4) is 0 Å². The monoisotopic (exact) mass is 444 g/mol. The van der Waals surface area contributed by atoms with E-state index in [1.54, 1.807) is 18.5 Å². The molecule has 4 aromatic rings. The number of fused-ring (bicyclic) bond motifs is 1. The summed E-state index contributed by atoms with van der Waals surface area (Å²) in [6.07, 6.45) is 4.29. The highest BCUT2D eigenvalue weighted by Gasteiger charge is 2.13. The lowest BCUT2D eigenvalue weighted by Gasteiger charge is -2.14. The maximum atomic E-state index is 12.6. The molecule has 0 radical (unpaired) electrons. The van der Waals surface area contributed by atoms with Crippen LogP contribution in [0.4, 0.5) is 0 Å². The number of aryl methyl sites for hydroxylation is 1. The summed E-state index contributed by atoms with van der Waals surface area (Å²) in [7, 11) is 0. The fourth-order valence-electron chi connectivity index (χ4n) is 3.77. The van der Waals surface area contributed by atoms with Crippen molar-refractivity contribution in [2.45, 2.75) is 25.9 Å². The van der Waals surface area contributed by atoms with Gasteiger partial charge in [0.1, 0.15) is 24.0 Å². The minimum Gasteiger partial charge on any atom is -0.491 e. The molecule has 0 bridgehead atoms. The number of hydrogen-bond donors (Lipinski definition) is 2. The zero-order chi connectivity index (χ0) is 23.0. The first-order valence-electron chi connectivity index (χ1n) is 11.1. The van der Waals surface area contributed by atoms with Crippen molar-refractivity contribution < 1.29 is 14.3 Å². The second-order valence-electron chi connectivity index (χ2n) is 8.09. The van der Waals surface area contributed by atoms with Gasteiger partial charge in [0.2, 0.25) is 0 Å². The molecular weight excluding hydrogens is 416 g/mol. The van der Waals surface area contributed by atoms with Crippen molar-refractivity contribution in [1.82, 2.24) is 10.3 Å². The molecule has 2 heterocycles. The molecule has 6 heteroatoms. The minimum atomic E-state index is -0.653. The Bertz CT molecular complexity index is 1240. The van der Waals surface area contributed by atoms with Gasteiger partial charge in [-0.15, -0.1) is 0 Å². The highest BCUT2D eigenvalue weighted by Crippen LogP contribution is 2.25. The number of aliphatic hydroxyl groups excluding tert-OH is 1. The first-order chi connectivity index (χ1) is 16.1. The van der Waals surface area contributed by atoms with E-state index in [9.17, 15) is 9.90 Å². The maximum absolute atomic E-state index is 12.6. The number of nitrogens with one attached hydrogen (secondary N) is 1. The summed E-state index contributed by atoms with van der Waals surface area (Å²) in [6, 6.07) is 19.3. The normalized spacial score (nSPS) is 12.1. The van der Waals surface area contributed by atoms with Gasteiger partial charge in [-0.2, -0.15) is 0 Å². The molecule has 33 heavy (non-hydrogen) atoms. The van der Waals surface area contributed by atoms with E-state index in [1.807, 2.05) is 61.5 Å². The van der Waals surface area contributed by atoms with Crippen LogP contribution in [0.25, 0.3) is 11.0 Å². The van der Waals surface area contributed by atoms with E-state index in [-0.39, 0.29) is 12.2 Å². The van der Waals surface area contributed by atoms with Gasteiger partial charge in [-0.1, -0.05) is 30.3 Å². The number of hydrogen-bond acceptors (Lipinski definition) is 6.